The number of amides is 1. The summed E-state index contributed by atoms with van der Waals surface area (Å²) in [6.07, 6.45) is 0.335. The largest absolute Gasteiger partial charge is 0.491 e. The number of aliphatic hydroxyl groups excluding tert-OH is 1. The summed E-state index contributed by atoms with van der Waals surface area (Å²) in [7, 11) is 1.79. The van der Waals surface area contributed by atoms with Crippen LogP contribution in [0.4, 0.5) is 5.82 Å². The second-order valence-electron chi connectivity index (χ2n) is 9.55. The Morgan fingerprint density at radius 1 is 1.25 bits per heavy atom. The first-order valence-electron chi connectivity index (χ1n) is 12.3. The van der Waals surface area contributed by atoms with E-state index in [0.29, 0.717) is 30.4 Å². The predicted molar refractivity (Wildman–Crippen MR) is 135 cm³/mol. The second kappa shape index (κ2) is 9.87. The number of nitrogens with zero attached hydrogens (tertiary/aromatic N) is 5. The van der Waals surface area contributed by atoms with Crippen molar-refractivity contribution >= 4 is 11.7 Å². The van der Waals surface area contributed by atoms with Crippen LogP contribution >= 0.6 is 0 Å². The van der Waals surface area contributed by atoms with E-state index in [4.69, 9.17) is 19.2 Å². The molecule has 10 nitrogen and oxygen atoms in total. The van der Waals surface area contributed by atoms with Gasteiger partial charge in [-0.2, -0.15) is 0 Å². The highest BCUT2D eigenvalue weighted by molar-refractivity contribution is 5.75. The average molecular weight is 493 g/mol. The molecule has 0 spiro atoms. The molecule has 1 amide bonds. The molecule has 2 aromatic heterocycles. The maximum atomic E-state index is 12.0. The Hall–Kier alpha value is -3.50. The van der Waals surface area contributed by atoms with Gasteiger partial charge in [0, 0.05) is 38.2 Å². The van der Waals surface area contributed by atoms with E-state index in [1.807, 2.05) is 49.1 Å². The highest BCUT2D eigenvalue weighted by Crippen LogP contribution is 2.37. The van der Waals surface area contributed by atoms with E-state index < -0.39 is 6.10 Å². The Bertz CT molecular complexity index is 1240. The lowest BCUT2D eigenvalue weighted by Crippen LogP contribution is -2.48. The van der Waals surface area contributed by atoms with Crippen LogP contribution in [0.5, 0.6) is 5.75 Å². The van der Waals surface area contributed by atoms with Gasteiger partial charge in [0.25, 0.3) is 0 Å². The molecule has 2 saturated heterocycles. The van der Waals surface area contributed by atoms with E-state index in [2.05, 4.69) is 15.4 Å². The third-order valence-corrected chi connectivity index (χ3v) is 6.92. The Balaban J connectivity index is 1.50. The van der Waals surface area contributed by atoms with Crippen LogP contribution in [-0.4, -0.2) is 82.5 Å². The zero-order chi connectivity index (χ0) is 25.4. The number of carbonyl (C=O) groups excluding carboxylic acids is 1. The molecule has 3 atom stereocenters. The minimum absolute atomic E-state index is 0.124. The summed E-state index contributed by atoms with van der Waals surface area (Å²) in [5.74, 6) is 2.84. The number of rotatable bonds is 8. The van der Waals surface area contributed by atoms with Gasteiger partial charge in [-0.05, 0) is 39.4 Å². The first-order chi connectivity index (χ1) is 17.3. The fourth-order valence-electron chi connectivity index (χ4n) is 5.23. The van der Waals surface area contributed by atoms with Gasteiger partial charge in [0.05, 0.1) is 29.0 Å². The van der Waals surface area contributed by atoms with Gasteiger partial charge < -0.3 is 29.5 Å². The number of piperazine rings is 1. The molecule has 2 bridgehead atoms. The quantitative estimate of drug-likeness (QED) is 0.488. The Morgan fingerprint density at radius 2 is 2.08 bits per heavy atom. The summed E-state index contributed by atoms with van der Waals surface area (Å²) < 4.78 is 11.2. The molecule has 36 heavy (non-hydrogen) atoms. The number of fused-ring (bicyclic) bond motifs is 2. The fourth-order valence-corrected chi connectivity index (χ4v) is 5.23. The average Bonchev–Trinajstić information content (AvgIpc) is 3.57. The zero-order valence-electron chi connectivity index (χ0n) is 21.1. The molecule has 5 rings (SSSR count). The fraction of sp³-hybridized carbons (Fsp3) is 0.462. The number of likely N-dealkylation sites (tertiary alicyclic amines) is 1. The van der Waals surface area contributed by atoms with Gasteiger partial charge in [-0.15, -0.1) is 0 Å². The molecular formula is C26H32N6O4. The minimum Gasteiger partial charge on any atom is -0.491 e. The van der Waals surface area contributed by atoms with Gasteiger partial charge in [-0.3, -0.25) is 4.79 Å². The maximum absolute atomic E-state index is 12.0. The van der Waals surface area contributed by atoms with E-state index in [1.54, 1.807) is 14.0 Å². The molecular weight excluding hydrogens is 460 g/mol. The van der Waals surface area contributed by atoms with Crippen LogP contribution in [0, 0.1) is 13.8 Å². The monoisotopic (exact) mass is 492 g/mol. The van der Waals surface area contributed by atoms with E-state index in [-0.39, 0.29) is 24.6 Å². The molecule has 10 heteroatoms. The molecule has 2 fully saturated rings. The van der Waals surface area contributed by atoms with Crippen LogP contribution in [0.15, 0.2) is 34.9 Å². The predicted octanol–water partition coefficient (Wildman–Crippen LogP) is 2.18. The summed E-state index contributed by atoms with van der Waals surface area (Å²) in [6, 6.07) is 9.99. The van der Waals surface area contributed by atoms with Crippen LogP contribution in [0.3, 0.4) is 0 Å². The molecule has 0 radical (unpaired) electrons. The minimum atomic E-state index is -0.607. The normalized spacial score (nSPS) is 19.7. The number of hydrogen-bond acceptors (Lipinski definition) is 9. The number of ether oxygens (including phenoxy) is 1. The van der Waals surface area contributed by atoms with Gasteiger partial charge >= 0.3 is 0 Å². The Morgan fingerprint density at radius 3 is 2.75 bits per heavy atom. The number of aromatic nitrogens is 3. The standard InChI is InChI=1S/C26H32N6O4/c1-15-25(16(2)36-30-15)23-10-24(32-13-19-9-20(32)12-31(19)17(3)33)29-26(28-23)18-6-5-7-22(8-18)35-14-21(34)11-27-4/h5-8,10,19-21,27,34H,9,11-14H2,1-4H3. The van der Waals surface area contributed by atoms with Crippen molar-refractivity contribution in [1.82, 2.24) is 25.3 Å². The van der Waals surface area contributed by atoms with E-state index >= 15 is 0 Å². The van der Waals surface area contributed by atoms with Crippen molar-refractivity contribution in [3.63, 3.8) is 0 Å². The Kier molecular flexibility index (Phi) is 6.63. The van der Waals surface area contributed by atoms with Gasteiger partial charge in [0.15, 0.2) is 5.82 Å². The van der Waals surface area contributed by atoms with Crippen molar-refractivity contribution in [3.05, 3.63) is 41.8 Å². The summed E-state index contributed by atoms with van der Waals surface area (Å²) in [4.78, 5) is 26.1. The zero-order valence-corrected chi connectivity index (χ0v) is 21.1. The smallest absolute Gasteiger partial charge is 0.219 e. The first-order valence-corrected chi connectivity index (χ1v) is 12.3. The third-order valence-electron chi connectivity index (χ3n) is 6.92. The van der Waals surface area contributed by atoms with Crippen LogP contribution < -0.4 is 15.0 Å². The van der Waals surface area contributed by atoms with Gasteiger partial charge in [-0.1, -0.05) is 17.3 Å². The van der Waals surface area contributed by atoms with E-state index in [1.165, 1.54) is 0 Å². The first kappa shape index (κ1) is 24.2. The maximum Gasteiger partial charge on any atom is 0.219 e. The van der Waals surface area contributed by atoms with Crippen LogP contribution in [-0.2, 0) is 4.79 Å². The molecule has 2 aliphatic rings. The van der Waals surface area contributed by atoms with Crippen molar-refractivity contribution < 1.29 is 19.2 Å². The molecule has 190 valence electrons. The lowest BCUT2D eigenvalue weighted by atomic mass is 10.1. The highest BCUT2D eigenvalue weighted by Gasteiger charge is 2.45. The summed E-state index contributed by atoms with van der Waals surface area (Å²) in [5.41, 5.74) is 3.18. The molecule has 0 aliphatic carbocycles. The van der Waals surface area contributed by atoms with Gasteiger partial charge in [0.2, 0.25) is 5.91 Å². The number of carbonyl (C=O) groups is 1. The highest BCUT2D eigenvalue weighted by atomic mass is 16.5. The lowest BCUT2D eigenvalue weighted by molar-refractivity contribution is -0.129. The van der Waals surface area contributed by atoms with Crippen LogP contribution in [0.25, 0.3) is 22.6 Å². The SMILES string of the molecule is CNCC(O)COc1cccc(-c2nc(-c3c(C)noc3C)cc(N3CC4CC3CN4C(C)=O)n2)c1. The van der Waals surface area contributed by atoms with Gasteiger partial charge in [-0.25, -0.2) is 9.97 Å². The summed E-state index contributed by atoms with van der Waals surface area (Å²) in [6.45, 7) is 7.50. The Labute approximate surface area is 210 Å². The van der Waals surface area contributed by atoms with Crippen molar-refractivity contribution in [3.8, 4) is 28.4 Å². The third kappa shape index (κ3) is 4.66. The summed E-state index contributed by atoms with van der Waals surface area (Å²) >= 11 is 0. The van der Waals surface area contributed by atoms with Crippen LogP contribution in [0.2, 0.25) is 0 Å². The summed E-state index contributed by atoms with van der Waals surface area (Å²) in [5, 5.41) is 17.0. The van der Waals surface area contributed by atoms with Crippen molar-refractivity contribution in [2.75, 3.05) is 38.2 Å². The molecule has 4 heterocycles. The van der Waals surface area contributed by atoms with Crippen molar-refractivity contribution in [2.45, 2.75) is 45.4 Å². The number of aliphatic hydroxyl groups is 1. The lowest BCUT2D eigenvalue weighted by Gasteiger charge is -2.34. The van der Waals surface area contributed by atoms with Crippen molar-refractivity contribution in [2.24, 2.45) is 0 Å². The number of nitrogens with one attached hydrogen (secondary N) is 1. The molecule has 1 aromatic carbocycles. The number of benzene rings is 1. The van der Waals surface area contributed by atoms with Gasteiger partial charge in [0.1, 0.15) is 30.0 Å². The molecule has 3 unspecified atom stereocenters. The number of aryl methyl sites for hydroxylation is 2. The number of likely N-dealkylation sites (N-methyl/N-ethyl adjacent to an activating group) is 1. The number of hydrogen-bond donors (Lipinski definition) is 2. The second-order valence-corrected chi connectivity index (χ2v) is 9.55. The molecule has 3 aromatic rings. The molecule has 2 aliphatic heterocycles. The molecule has 2 N–H and O–H groups in total. The van der Waals surface area contributed by atoms with Crippen molar-refractivity contribution in [1.29, 1.82) is 0 Å². The molecule has 0 saturated carbocycles. The number of anilines is 1. The van der Waals surface area contributed by atoms with E-state index in [0.717, 1.165) is 41.3 Å². The topological polar surface area (TPSA) is 117 Å². The van der Waals surface area contributed by atoms with E-state index in [9.17, 15) is 9.90 Å². The van der Waals surface area contributed by atoms with Crippen LogP contribution in [0.1, 0.15) is 24.8 Å².